The van der Waals surface area contributed by atoms with Gasteiger partial charge in [0, 0.05) is 6.54 Å². The third-order valence-corrected chi connectivity index (χ3v) is 1.87. The van der Waals surface area contributed by atoms with Gasteiger partial charge in [-0.15, -0.1) is 0 Å². The highest BCUT2D eigenvalue weighted by Crippen LogP contribution is 1.77. The van der Waals surface area contributed by atoms with Gasteiger partial charge in [0.25, 0.3) is 0 Å². The fourth-order valence-electron chi connectivity index (χ4n) is 0.477. The van der Waals surface area contributed by atoms with Crippen LogP contribution in [0.5, 0.6) is 0 Å². The van der Waals surface area contributed by atoms with Crippen LogP contribution < -0.4 is 16.2 Å². The van der Waals surface area contributed by atoms with Gasteiger partial charge in [0.2, 0.25) is 15.9 Å². The van der Waals surface area contributed by atoms with E-state index in [0.717, 1.165) is 0 Å². The molecule has 0 aliphatic rings. The Bertz CT molecular complexity index is 247. The molecule has 72 valence electrons. The van der Waals surface area contributed by atoms with E-state index in [-0.39, 0.29) is 12.3 Å². The molecule has 0 spiro atoms. The highest BCUT2D eigenvalue weighted by molar-refractivity contribution is 7.89. The van der Waals surface area contributed by atoms with Crippen LogP contribution in [0.1, 0.15) is 6.92 Å². The average Bonchev–Trinajstić information content (AvgIpc) is 1.84. The predicted octanol–water partition coefficient (Wildman–Crippen LogP) is -2.26. The van der Waals surface area contributed by atoms with Crippen molar-refractivity contribution in [1.82, 2.24) is 5.32 Å². The quantitative estimate of drug-likeness (QED) is 0.469. The van der Waals surface area contributed by atoms with Crippen molar-refractivity contribution in [3.63, 3.8) is 0 Å². The van der Waals surface area contributed by atoms with Gasteiger partial charge in [0.15, 0.2) is 0 Å². The van der Waals surface area contributed by atoms with Crippen LogP contribution in [0.15, 0.2) is 0 Å². The van der Waals surface area contributed by atoms with Gasteiger partial charge >= 0.3 is 0 Å². The normalized spacial score (nSPS) is 13.9. The Morgan fingerprint density at radius 1 is 1.58 bits per heavy atom. The summed E-state index contributed by atoms with van der Waals surface area (Å²) in [5.41, 5.74) is 5.19. The lowest BCUT2D eigenvalue weighted by molar-refractivity contribution is -0.121. The Morgan fingerprint density at radius 2 is 2.08 bits per heavy atom. The van der Waals surface area contributed by atoms with E-state index < -0.39 is 22.0 Å². The lowest BCUT2D eigenvalue weighted by Gasteiger charge is -2.05. The summed E-state index contributed by atoms with van der Waals surface area (Å²) < 4.78 is 20.8. The summed E-state index contributed by atoms with van der Waals surface area (Å²) in [5, 5.41) is 7.00. The van der Waals surface area contributed by atoms with Crippen molar-refractivity contribution in [2.45, 2.75) is 13.0 Å². The zero-order chi connectivity index (χ0) is 9.78. The molecule has 0 aliphatic heterocycles. The third kappa shape index (κ3) is 6.08. The Labute approximate surface area is 71.4 Å². The molecular weight excluding hydrogens is 182 g/mol. The first kappa shape index (κ1) is 11.3. The molecule has 0 bridgehead atoms. The molecule has 0 saturated heterocycles. The molecule has 0 aromatic rings. The van der Waals surface area contributed by atoms with E-state index in [0.29, 0.717) is 0 Å². The summed E-state index contributed by atoms with van der Waals surface area (Å²) in [4.78, 5) is 10.8. The van der Waals surface area contributed by atoms with Gasteiger partial charge in [0.1, 0.15) is 0 Å². The van der Waals surface area contributed by atoms with Crippen LogP contribution in [0.2, 0.25) is 0 Å². The number of sulfonamides is 1. The zero-order valence-corrected chi connectivity index (χ0v) is 7.60. The standard InChI is InChI=1S/C5H13N3O3S/c1-4(6)5(9)8-2-3-12(7,10)11/h4H,2-3,6H2,1H3,(H,8,9)(H2,7,10,11)/t4-/m1/s1. The first-order valence-corrected chi connectivity index (χ1v) is 5.08. The van der Waals surface area contributed by atoms with Crippen LogP contribution in [-0.2, 0) is 14.8 Å². The maximum absolute atomic E-state index is 10.8. The van der Waals surface area contributed by atoms with Crippen LogP contribution in [0.25, 0.3) is 0 Å². The van der Waals surface area contributed by atoms with E-state index in [4.69, 9.17) is 5.73 Å². The molecule has 1 amide bonds. The summed E-state index contributed by atoms with van der Waals surface area (Å²) in [6.45, 7) is 1.51. The number of carbonyl (C=O) groups excluding carboxylic acids is 1. The summed E-state index contributed by atoms with van der Waals surface area (Å²) in [6.07, 6.45) is 0. The van der Waals surface area contributed by atoms with E-state index in [2.05, 4.69) is 10.5 Å². The predicted molar refractivity (Wildman–Crippen MR) is 44.6 cm³/mol. The second-order valence-corrected chi connectivity index (χ2v) is 4.18. The maximum atomic E-state index is 10.8. The molecule has 6 nitrogen and oxygen atoms in total. The van der Waals surface area contributed by atoms with Crippen LogP contribution >= 0.6 is 0 Å². The number of carbonyl (C=O) groups is 1. The van der Waals surface area contributed by atoms with Crippen LogP contribution in [0, 0.1) is 0 Å². The van der Waals surface area contributed by atoms with Crippen molar-refractivity contribution < 1.29 is 13.2 Å². The van der Waals surface area contributed by atoms with E-state index in [9.17, 15) is 13.2 Å². The molecule has 1 atom stereocenters. The Morgan fingerprint density at radius 3 is 2.42 bits per heavy atom. The lowest BCUT2D eigenvalue weighted by atomic mass is 10.3. The van der Waals surface area contributed by atoms with Gasteiger partial charge in [-0.1, -0.05) is 0 Å². The Hall–Kier alpha value is -0.660. The third-order valence-electron chi connectivity index (χ3n) is 1.10. The van der Waals surface area contributed by atoms with E-state index >= 15 is 0 Å². The van der Waals surface area contributed by atoms with Crippen LogP contribution in [0.4, 0.5) is 0 Å². The molecule has 12 heavy (non-hydrogen) atoms. The molecule has 0 aromatic carbocycles. The maximum Gasteiger partial charge on any atom is 0.236 e. The second kappa shape index (κ2) is 4.39. The van der Waals surface area contributed by atoms with E-state index in [1.165, 1.54) is 6.92 Å². The molecule has 0 fully saturated rings. The van der Waals surface area contributed by atoms with E-state index in [1.54, 1.807) is 0 Å². The number of hydrogen-bond acceptors (Lipinski definition) is 4. The highest BCUT2D eigenvalue weighted by atomic mass is 32.2. The fraction of sp³-hybridized carbons (Fsp3) is 0.800. The number of hydrogen-bond donors (Lipinski definition) is 3. The number of rotatable bonds is 4. The minimum absolute atomic E-state index is 0.000787. The molecule has 0 aliphatic carbocycles. The number of amides is 1. The number of primary sulfonamides is 1. The molecule has 0 rings (SSSR count). The fourth-order valence-corrected chi connectivity index (χ4v) is 0.864. The topological polar surface area (TPSA) is 115 Å². The SMILES string of the molecule is C[C@@H](N)C(=O)NCCS(N)(=O)=O. The van der Waals surface area contributed by atoms with Crippen molar-refractivity contribution in [3.8, 4) is 0 Å². The monoisotopic (exact) mass is 195 g/mol. The summed E-state index contributed by atoms with van der Waals surface area (Å²) in [6, 6.07) is -0.634. The molecular formula is C5H13N3O3S. The Balaban J connectivity index is 3.66. The van der Waals surface area contributed by atoms with Crippen molar-refractivity contribution >= 4 is 15.9 Å². The Kier molecular flexibility index (Phi) is 4.15. The van der Waals surface area contributed by atoms with Gasteiger partial charge in [-0.05, 0) is 6.92 Å². The van der Waals surface area contributed by atoms with Gasteiger partial charge in [-0.2, -0.15) is 0 Å². The first-order chi connectivity index (χ1) is 5.33. The minimum Gasteiger partial charge on any atom is -0.354 e. The second-order valence-electron chi connectivity index (χ2n) is 2.45. The summed E-state index contributed by atoms with van der Waals surface area (Å²) in [7, 11) is -3.50. The summed E-state index contributed by atoms with van der Waals surface area (Å²) >= 11 is 0. The van der Waals surface area contributed by atoms with Crippen LogP contribution in [-0.4, -0.2) is 32.7 Å². The van der Waals surface area contributed by atoms with Crippen LogP contribution in [0.3, 0.4) is 0 Å². The molecule has 0 radical (unpaired) electrons. The van der Waals surface area contributed by atoms with Crippen molar-refractivity contribution in [3.05, 3.63) is 0 Å². The molecule has 0 saturated carbocycles. The molecule has 0 aromatic heterocycles. The summed E-state index contributed by atoms with van der Waals surface area (Å²) in [5.74, 6) is -0.662. The van der Waals surface area contributed by atoms with Crippen molar-refractivity contribution in [1.29, 1.82) is 0 Å². The minimum atomic E-state index is -3.50. The molecule has 5 N–H and O–H groups in total. The number of nitrogens with one attached hydrogen (secondary N) is 1. The van der Waals surface area contributed by atoms with Crippen molar-refractivity contribution in [2.24, 2.45) is 10.9 Å². The first-order valence-electron chi connectivity index (χ1n) is 3.36. The number of nitrogens with two attached hydrogens (primary N) is 2. The van der Waals surface area contributed by atoms with E-state index in [1.807, 2.05) is 0 Å². The van der Waals surface area contributed by atoms with Gasteiger partial charge in [-0.25, -0.2) is 13.6 Å². The van der Waals surface area contributed by atoms with Gasteiger partial charge in [0.05, 0.1) is 11.8 Å². The largest absolute Gasteiger partial charge is 0.354 e. The van der Waals surface area contributed by atoms with Gasteiger partial charge < -0.3 is 11.1 Å². The average molecular weight is 195 g/mol. The highest BCUT2D eigenvalue weighted by Gasteiger charge is 2.07. The smallest absolute Gasteiger partial charge is 0.236 e. The molecule has 0 unspecified atom stereocenters. The molecule has 0 heterocycles. The van der Waals surface area contributed by atoms with Gasteiger partial charge in [-0.3, -0.25) is 4.79 Å². The van der Waals surface area contributed by atoms with Crippen molar-refractivity contribution in [2.75, 3.05) is 12.3 Å². The molecule has 7 heteroatoms. The zero-order valence-electron chi connectivity index (χ0n) is 6.78. The lowest BCUT2D eigenvalue weighted by Crippen LogP contribution is -2.40.